The van der Waals surface area contributed by atoms with Gasteiger partial charge in [-0.25, -0.2) is 4.79 Å². The lowest BCUT2D eigenvalue weighted by Gasteiger charge is -2.27. The zero-order valence-electron chi connectivity index (χ0n) is 16.8. The highest BCUT2D eigenvalue weighted by molar-refractivity contribution is 6.23. The molecule has 5 amide bonds. The maximum absolute atomic E-state index is 12.8. The van der Waals surface area contributed by atoms with Crippen LogP contribution in [0.2, 0.25) is 0 Å². The average Bonchev–Trinajstić information content (AvgIpc) is 2.88. The van der Waals surface area contributed by atoms with E-state index in [-0.39, 0.29) is 30.5 Å². The zero-order chi connectivity index (χ0) is 22.1. The molecule has 2 aliphatic heterocycles. The molecule has 1 aromatic carbocycles. The van der Waals surface area contributed by atoms with Crippen LogP contribution in [0, 0.1) is 11.8 Å². The summed E-state index contributed by atoms with van der Waals surface area (Å²) < 4.78 is 5.10. The Morgan fingerprint density at radius 2 is 1.90 bits per heavy atom. The largest absolute Gasteiger partial charge is 0.444 e. The third-order valence-electron chi connectivity index (χ3n) is 4.39. The highest BCUT2D eigenvalue weighted by Crippen LogP contribution is 2.28. The van der Waals surface area contributed by atoms with Crippen molar-refractivity contribution in [2.45, 2.75) is 45.3 Å². The summed E-state index contributed by atoms with van der Waals surface area (Å²) in [5, 5.41) is 4.65. The predicted molar refractivity (Wildman–Crippen MR) is 104 cm³/mol. The van der Waals surface area contributed by atoms with Crippen LogP contribution in [0.3, 0.4) is 0 Å². The number of carbonyl (C=O) groups is 5. The highest BCUT2D eigenvalue weighted by atomic mass is 16.6. The summed E-state index contributed by atoms with van der Waals surface area (Å²) in [5.74, 6) is 3.30. The molecule has 0 radical (unpaired) electrons. The lowest BCUT2D eigenvalue weighted by Crippen LogP contribution is -2.54. The fourth-order valence-electron chi connectivity index (χ4n) is 3.13. The van der Waals surface area contributed by atoms with Crippen molar-refractivity contribution in [1.29, 1.82) is 0 Å². The fraction of sp³-hybridized carbons (Fsp3) is 0.381. The number of piperidine rings is 1. The first kappa shape index (κ1) is 21.0. The van der Waals surface area contributed by atoms with Crippen molar-refractivity contribution in [2.75, 3.05) is 6.54 Å². The highest BCUT2D eigenvalue weighted by Gasteiger charge is 2.44. The van der Waals surface area contributed by atoms with E-state index in [0.29, 0.717) is 5.56 Å². The minimum Gasteiger partial charge on any atom is -0.444 e. The summed E-state index contributed by atoms with van der Waals surface area (Å²) >= 11 is 0. The van der Waals surface area contributed by atoms with Crippen LogP contribution in [-0.2, 0) is 14.3 Å². The van der Waals surface area contributed by atoms with E-state index in [4.69, 9.17) is 4.74 Å². The van der Waals surface area contributed by atoms with Crippen molar-refractivity contribution in [3.63, 3.8) is 0 Å². The van der Waals surface area contributed by atoms with E-state index in [9.17, 15) is 24.0 Å². The molecule has 0 aliphatic carbocycles. The molecule has 1 unspecified atom stereocenters. The van der Waals surface area contributed by atoms with Gasteiger partial charge in [-0.2, -0.15) is 0 Å². The van der Waals surface area contributed by atoms with Crippen molar-refractivity contribution in [2.24, 2.45) is 0 Å². The van der Waals surface area contributed by atoms with Gasteiger partial charge in [0, 0.05) is 12.0 Å². The van der Waals surface area contributed by atoms with Crippen molar-refractivity contribution in [3.8, 4) is 11.8 Å². The molecule has 9 heteroatoms. The molecule has 0 spiro atoms. The van der Waals surface area contributed by atoms with Gasteiger partial charge in [0.25, 0.3) is 11.8 Å². The van der Waals surface area contributed by atoms with Crippen LogP contribution < -0.4 is 10.6 Å². The molecule has 1 fully saturated rings. The molecule has 2 heterocycles. The van der Waals surface area contributed by atoms with Crippen LogP contribution in [-0.4, -0.2) is 52.8 Å². The van der Waals surface area contributed by atoms with Crippen molar-refractivity contribution in [1.82, 2.24) is 15.5 Å². The SMILES string of the molecule is CC(C)(C)OC(=O)NCC#Cc1ccc2c(c1)C(=O)N(C1CCC(=O)NC1=O)C2=O. The number of imide groups is 2. The van der Waals surface area contributed by atoms with Gasteiger partial charge in [-0.3, -0.25) is 29.4 Å². The van der Waals surface area contributed by atoms with Gasteiger partial charge in [0.05, 0.1) is 17.7 Å². The van der Waals surface area contributed by atoms with E-state index in [2.05, 4.69) is 22.5 Å². The number of rotatable bonds is 2. The second-order valence-electron chi connectivity index (χ2n) is 7.86. The Morgan fingerprint density at radius 1 is 1.20 bits per heavy atom. The number of ether oxygens (including phenoxy) is 1. The van der Waals surface area contributed by atoms with Crippen molar-refractivity contribution >= 4 is 29.7 Å². The number of alkyl carbamates (subject to hydrolysis) is 1. The van der Waals surface area contributed by atoms with Gasteiger partial charge in [-0.15, -0.1) is 0 Å². The van der Waals surface area contributed by atoms with Gasteiger partial charge >= 0.3 is 6.09 Å². The van der Waals surface area contributed by atoms with Crippen molar-refractivity contribution < 1.29 is 28.7 Å². The standard InChI is InChI=1S/C21H21N3O6/c1-21(2,3)30-20(29)22-10-4-5-12-6-7-13-14(11-12)19(28)24(18(13)27)15-8-9-16(25)23-17(15)26/h6-7,11,15H,8-10H2,1-3H3,(H,22,29)(H,23,25,26). The van der Waals surface area contributed by atoms with E-state index in [1.807, 2.05) is 0 Å². The molecule has 1 atom stereocenters. The second-order valence-corrected chi connectivity index (χ2v) is 7.86. The smallest absolute Gasteiger partial charge is 0.408 e. The summed E-state index contributed by atoms with van der Waals surface area (Å²) in [7, 11) is 0. The normalized spacial score (nSPS) is 18.4. The molecular formula is C21H21N3O6. The second kappa shape index (κ2) is 7.99. The fourth-order valence-corrected chi connectivity index (χ4v) is 3.13. The number of amides is 5. The summed E-state index contributed by atoms with van der Waals surface area (Å²) in [5.41, 5.74) is 0.198. The molecule has 2 aliphatic rings. The molecule has 0 bridgehead atoms. The number of nitrogens with one attached hydrogen (secondary N) is 2. The molecule has 3 rings (SSSR count). The molecule has 1 saturated heterocycles. The molecule has 2 N–H and O–H groups in total. The summed E-state index contributed by atoms with van der Waals surface area (Å²) in [6, 6.07) is 3.52. The summed E-state index contributed by atoms with van der Waals surface area (Å²) in [6.45, 7) is 5.29. The van der Waals surface area contributed by atoms with Crippen LogP contribution in [0.15, 0.2) is 18.2 Å². The first-order chi connectivity index (χ1) is 14.1. The van der Waals surface area contributed by atoms with Crippen LogP contribution >= 0.6 is 0 Å². The van der Waals surface area contributed by atoms with Gasteiger partial charge in [0.15, 0.2) is 0 Å². The minimum absolute atomic E-state index is 0.0429. The van der Waals surface area contributed by atoms with Gasteiger partial charge in [-0.05, 0) is 45.4 Å². The van der Waals surface area contributed by atoms with E-state index in [1.165, 1.54) is 12.1 Å². The zero-order valence-corrected chi connectivity index (χ0v) is 16.8. The molecule has 0 aromatic heterocycles. The number of carbonyl (C=O) groups excluding carboxylic acids is 5. The number of fused-ring (bicyclic) bond motifs is 1. The van der Waals surface area contributed by atoms with Gasteiger partial charge < -0.3 is 10.1 Å². The van der Waals surface area contributed by atoms with E-state index in [1.54, 1.807) is 26.8 Å². The Morgan fingerprint density at radius 3 is 2.57 bits per heavy atom. The lowest BCUT2D eigenvalue weighted by atomic mass is 10.0. The topological polar surface area (TPSA) is 122 Å². The predicted octanol–water partition coefficient (Wildman–Crippen LogP) is 0.964. The number of benzene rings is 1. The summed E-state index contributed by atoms with van der Waals surface area (Å²) in [4.78, 5) is 61.3. The Labute approximate surface area is 173 Å². The van der Waals surface area contributed by atoms with Crippen LogP contribution in [0.25, 0.3) is 0 Å². The Balaban J connectivity index is 1.70. The van der Waals surface area contributed by atoms with Gasteiger partial charge in [-0.1, -0.05) is 11.8 Å². The van der Waals surface area contributed by atoms with Gasteiger partial charge in [0.2, 0.25) is 11.8 Å². The van der Waals surface area contributed by atoms with Crippen LogP contribution in [0.4, 0.5) is 4.79 Å². The quantitative estimate of drug-likeness (QED) is 0.552. The molecule has 9 nitrogen and oxygen atoms in total. The van der Waals surface area contributed by atoms with E-state index >= 15 is 0 Å². The maximum atomic E-state index is 12.8. The number of hydrogen-bond donors (Lipinski definition) is 2. The van der Waals surface area contributed by atoms with E-state index < -0.39 is 41.4 Å². The first-order valence-electron chi connectivity index (χ1n) is 9.38. The Bertz CT molecular complexity index is 1010. The lowest BCUT2D eigenvalue weighted by molar-refractivity contribution is -0.136. The van der Waals surface area contributed by atoms with E-state index in [0.717, 1.165) is 4.90 Å². The third kappa shape index (κ3) is 4.49. The minimum atomic E-state index is -1.01. The maximum Gasteiger partial charge on any atom is 0.408 e. The molecular weight excluding hydrogens is 390 g/mol. The Kier molecular flexibility index (Phi) is 5.60. The van der Waals surface area contributed by atoms with Crippen LogP contribution in [0.5, 0.6) is 0 Å². The first-order valence-corrected chi connectivity index (χ1v) is 9.38. The molecule has 0 saturated carbocycles. The Hall–Kier alpha value is -3.67. The number of nitrogens with zero attached hydrogens (tertiary/aromatic N) is 1. The third-order valence-corrected chi connectivity index (χ3v) is 4.39. The summed E-state index contributed by atoms with van der Waals surface area (Å²) in [6.07, 6.45) is -0.434. The molecule has 156 valence electrons. The van der Waals surface area contributed by atoms with Crippen LogP contribution in [0.1, 0.15) is 59.9 Å². The number of hydrogen-bond acceptors (Lipinski definition) is 6. The molecule has 1 aromatic rings. The average molecular weight is 411 g/mol. The molecule has 30 heavy (non-hydrogen) atoms. The van der Waals surface area contributed by atoms with Crippen molar-refractivity contribution in [3.05, 3.63) is 34.9 Å². The monoisotopic (exact) mass is 411 g/mol. The van der Waals surface area contributed by atoms with Gasteiger partial charge in [0.1, 0.15) is 11.6 Å².